The van der Waals surface area contributed by atoms with Crippen LogP contribution in [0.5, 0.6) is 0 Å². The zero-order valence-corrected chi connectivity index (χ0v) is 13.0. The Morgan fingerprint density at radius 2 is 2.10 bits per heavy atom. The molecule has 21 heavy (non-hydrogen) atoms. The minimum atomic E-state index is -0.174. The normalized spacial score (nSPS) is 17.2. The lowest BCUT2D eigenvalue weighted by Crippen LogP contribution is -2.49. The molecule has 1 heterocycles. The number of hydrogen-bond acceptors (Lipinski definition) is 3. The molecule has 1 amide bonds. The average molecular weight is 290 g/mol. The maximum absolute atomic E-state index is 12.8. The molecule has 0 bridgehead atoms. The number of aryl methyl sites for hydroxylation is 1. The lowest BCUT2D eigenvalue weighted by atomic mass is 9.96. The van der Waals surface area contributed by atoms with Crippen molar-refractivity contribution in [2.75, 3.05) is 18.5 Å². The van der Waals surface area contributed by atoms with E-state index in [2.05, 4.69) is 25.2 Å². The van der Waals surface area contributed by atoms with Crippen LogP contribution in [0, 0.1) is 0 Å². The molecule has 0 saturated carbocycles. The van der Waals surface area contributed by atoms with E-state index in [9.17, 15) is 9.90 Å². The fourth-order valence-electron chi connectivity index (χ4n) is 3.13. The van der Waals surface area contributed by atoms with Gasteiger partial charge in [0.05, 0.1) is 6.61 Å². The highest BCUT2D eigenvalue weighted by atomic mass is 16.3. The number of anilines is 1. The molecule has 2 N–H and O–H groups in total. The van der Waals surface area contributed by atoms with E-state index in [1.165, 1.54) is 5.56 Å². The zero-order chi connectivity index (χ0) is 15.2. The van der Waals surface area contributed by atoms with Crippen LogP contribution in [-0.4, -0.2) is 41.1 Å². The van der Waals surface area contributed by atoms with Crippen molar-refractivity contribution in [3.63, 3.8) is 0 Å². The molecular weight excluding hydrogens is 264 g/mol. The second-order valence-corrected chi connectivity index (χ2v) is 5.62. The van der Waals surface area contributed by atoms with Crippen molar-refractivity contribution in [1.82, 2.24) is 4.90 Å². The molecule has 1 aromatic carbocycles. The van der Waals surface area contributed by atoms with Crippen molar-refractivity contribution < 1.29 is 9.90 Å². The van der Waals surface area contributed by atoms with Gasteiger partial charge in [0, 0.05) is 18.3 Å². The van der Waals surface area contributed by atoms with Gasteiger partial charge in [-0.25, -0.2) is 0 Å². The quantitative estimate of drug-likeness (QED) is 0.846. The molecular formula is C17H26N2O2. The highest BCUT2D eigenvalue weighted by molar-refractivity contribution is 5.86. The topological polar surface area (TPSA) is 52.6 Å². The van der Waals surface area contributed by atoms with Crippen LogP contribution in [0.3, 0.4) is 0 Å². The number of fused-ring (bicyclic) bond motifs is 1. The van der Waals surface area contributed by atoms with Gasteiger partial charge in [0.1, 0.15) is 6.04 Å². The fourth-order valence-corrected chi connectivity index (χ4v) is 3.13. The molecule has 1 aliphatic rings. The third-order valence-corrected chi connectivity index (χ3v) is 4.35. The Labute approximate surface area is 127 Å². The van der Waals surface area contributed by atoms with Crippen molar-refractivity contribution >= 4 is 11.6 Å². The van der Waals surface area contributed by atoms with Crippen LogP contribution in [0.1, 0.15) is 38.7 Å². The third kappa shape index (κ3) is 3.56. The SMILES string of the molecule is CCC(CC)N(CCO)C(=O)C1CCc2ccccc2N1. The van der Waals surface area contributed by atoms with Gasteiger partial charge in [-0.1, -0.05) is 32.0 Å². The van der Waals surface area contributed by atoms with Gasteiger partial charge in [-0.15, -0.1) is 0 Å². The van der Waals surface area contributed by atoms with E-state index in [0.717, 1.165) is 31.4 Å². The second-order valence-electron chi connectivity index (χ2n) is 5.62. The van der Waals surface area contributed by atoms with Gasteiger partial charge in [0.2, 0.25) is 5.91 Å². The molecule has 0 radical (unpaired) electrons. The molecule has 2 rings (SSSR count). The first-order valence-electron chi connectivity index (χ1n) is 7.97. The smallest absolute Gasteiger partial charge is 0.245 e. The van der Waals surface area contributed by atoms with E-state index in [1.807, 2.05) is 23.1 Å². The Balaban J connectivity index is 2.11. The summed E-state index contributed by atoms with van der Waals surface area (Å²) in [5.41, 5.74) is 2.34. The molecule has 0 aromatic heterocycles. The van der Waals surface area contributed by atoms with Gasteiger partial charge >= 0.3 is 0 Å². The molecule has 116 valence electrons. The third-order valence-electron chi connectivity index (χ3n) is 4.35. The fraction of sp³-hybridized carbons (Fsp3) is 0.588. The van der Waals surface area contributed by atoms with Gasteiger partial charge < -0.3 is 15.3 Å². The van der Waals surface area contributed by atoms with E-state index in [-0.39, 0.29) is 24.6 Å². The molecule has 1 unspecified atom stereocenters. The van der Waals surface area contributed by atoms with Crippen molar-refractivity contribution in [1.29, 1.82) is 0 Å². The minimum absolute atomic E-state index is 0.0194. The molecule has 0 saturated heterocycles. The first kappa shape index (κ1) is 15.8. The summed E-state index contributed by atoms with van der Waals surface area (Å²) in [4.78, 5) is 14.7. The highest BCUT2D eigenvalue weighted by Gasteiger charge is 2.30. The van der Waals surface area contributed by atoms with Gasteiger partial charge in [0.25, 0.3) is 0 Å². The summed E-state index contributed by atoms with van der Waals surface area (Å²) in [5, 5.41) is 12.6. The molecule has 4 heteroatoms. The number of para-hydroxylation sites is 1. The van der Waals surface area contributed by atoms with E-state index in [4.69, 9.17) is 0 Å². The van der Waals surface area contributed by atoms with E-state index in [0.29, 0.717) is 6.54 Å². The zero-order valence-electron chi connectivity index (χ0n) is 13.0. The number of amides is 1. The molecule has 4 nitrogen and oxygen atoms in total. The predicted molar refractivity (Wildman–Crippen MR) is 85.3 cm³/mol. The van der Waals surface area contributed by atoms with Crippen molar-refractivity contribution in [3.05, 3.63) is 29.8 Å². The van der Waals surface area contributed by atoms with Crippen LogP contribution in [-0.2, 0) is 11.2 Å². The largest absolute Gasteiger partial charge is 0.395 e. The molecule has 0 aliphatic carbocycles. The number of hydrogen-bond donors (Lipinski definition) is 2. The molecule has 0 fully saturated rings. The summed E-state index contributed by atoms with van der Waals surface area (Å²) in [6.45, 7) is 4.63. The maximum atomic E-state index is 12.8. The number of rotatable bonds is 6. The number of benzene rings is 1. The van der Waals surface area contributed by atoms with E-state index >= 15 is 0 Å². The summed E-state index contributed by atoms with van der Waals surface area (Å²) in [7, 11) is 0. The number of carbonyl (C=O) groups excluding carboxylic acids is 1. The van der Waals surface area contributed by atoms with Gasteiger partial charge in [-0.2, -0.15) is 0 Å². The Morgan fingerprint density at radius 1 is 1.38 bits per heavy atom. The number of carbonyl (C=O) groups is 1. The van der Waals surface area contributed by atoms with Crippen molar-refractivity contribution in [2.24, 2.45) is 0 Å². The standard InChI is InChI=1S/C17H26N2O2/c1-3-14(4-2)19(11-12-20)17(21)16-10-9-13-7-5-6-8-15(13)18-16/h5-8,14,16,18,20H,3-4,9-12H2,1-2H3. The molecule has 1 aromatic rings. The van der Waals surface area contributed by atoms with Crippen LogP contribution in [0.15, 0.2) is 24.3 Å². The van der Waals surface area contributed by atoms with E-state index < -0.39 is 0 Å². The molecule has 0 spiro atoms. The minimum Gasteiger partial charge on any atom is -0.395 e. The Bertz CT molecular complexity index is 472. The molecule has 1 aliphatic heterocycles. The van der Waals surface area contributed by atoms with Crippen LogP contribution in [0.4, 0.5) is 5.69 Å². The second kappa shape index (κ2) is 7.46. The van der Waals surface area contributed by atoms with Crippen LogP contribution >= 0.6 is 0 Å². The average Bonchev–Trinajstić information content (AvgIpc) is 2.54. The Kier molecular flexibility index (Phi) is 5.62. The summed E-state index contributed by atoms with van der Waals surface area (Å²) in [5.74, 6) is 0.118. The Hall–Kier alpha value is -1.55. The van der Waals surface area contributed by atoms with Crippen LogP contribution < -0.4 is 5.32 Å². The lowest BCUT2D eigenvalue weighted by Gasteiger charge is -2.35. The lowest BCUT2D eigenvalue weighted by molar-refractivity contribution is -0.135. The first-order chi connectivity index (χ1) is 10.2. The van der Waals surface area contributed by atoms with Crippen LogP contribution in [0.25, 0.3) is 0 Å². The summed E-state index contributed by atoms with van der Waals surface area (Å²) in [6, 6.07) is 8.20. The summed E-state index contributed by atoms with van der Waals surface area (Å²) in [6.07, 6.45) is 3.59. The first-order valence-corrected chi connectivity index (χ1v) is 7.97. The predicted octanol–water partition coefficient (Wildman–Crippen LogP) is 2.42. The van der Waals surface area contributed by atoms with E-state index in [1.54, 1.807) is 0 Å². The number of aliphatic hydroxyl groups is 1. The van der Waals surface area contributed by atoms with Gasteiger partial charge in [-0.05, 0) is 37.3 Å². The molecule has 1 atom stereocenters. The highest BCUT2D eigenvalue weighted by Crippen LogP contribution is 2.25. The van der Waals surface area contributed by atoms with Crippen molar-refractivity contribution in [2.45, 2.75) is 51.6 Å². The maximum Gasteiger partial charge on any atom is 0.245 e. The van der Waals surface area contributed by atoms with Gasteiger partial charge in [-0.3, -0.25) is 4.79 Å². The summed E-state index contributed by atoms with van der Waals surface area (Å²) < 4.78 is 0. The monoisotopic (exact) mass is 290 g/mol. The number of nitrogens with one attached hydrogen (secondary N) is 1. The Morgan fingerprint density at radius 3 is 2.76 bits per heavy atom. The van der Waals surface area contributed by atoms with Crippen LogP contribution in [0.2, 0.25) is 0 Å². The number of nitrogens with zero attached hydrogens (tertiary/aromatic N) is 1. The van der Waals surface area contributed by atoms with Crippen molar-refractivity contribution in [3.8, 4) is 0 Å². The number of aliphatic hydroxyl groups excluding tert-OH is 1. The summed E-state index contributed by atoms with van der Waals surface area (Å²) >= 11 is 0. The van der Waals surface area contributed by atoms with Gasteiger partial charge in [0.15, 0.2) is 0 Å².